The summed E-state index contributed by atoms with van der Waals surface area (Å²) < 4.78 is 11.3. The minimum Gasteiger partial charge on any atom is -0.492 e. The quantitative estimate of drug-likeness (QED) is 0.703. The molecule has 2 N–H and O–H groups in total. The Kier molecular flexibility index (Phi) is 7.02. The molecule has 3 heterocycles. The smallest absolute Gasteiger partial charge is 0.254 e. The number of morpholine rings is 1. The van der Waals surface area contributed by atoms with Crippen molar-refractivity contribution in [1.29, 1.82) is 0 Å². The van der Waals surface area contributed by atoms with Gasteiger partial charge in [-0.1, -0.05) is 12.1 Å². The van der Waals surface area contributed by atoms with Crippen LogP contribution >= 0.6 is 0 Å². The van der Waals surface area contributed by atoms with Gasteiger partial charge in [0, 0.05) is 44.5 Å². The van der Waals surface area contributed by atoms with Crippen molar-refractivity contribution in [2.75, 3.05) is 52.5 Å². The predicted molar refractivity (Wildman–Crippen MR) is 119 cm³/mol. The summed E-state index contributed by atoms with van der Waals surface area (Å²) in [7, 11) is 0. The van der Waals surface area contributed by atoms with Gasteiger partial charge in [0.05, 0.1) is 18.9 Å². The maximum atomic E-state index is 13.3. The molecule has 2 aromatic rings. The molecule has 1 aromatic heterocycles. The first-order valence-corrected chi connectivity index (χ1v) is 11.1. The molecular formula is C24H30N4O4. The lowest BCUT2D eigenvalue weighted by atomic mass is 9.76. The van der Waals surface area contributed by atoms with Crippen molar-refractivity contribution in [1.82, 2.24) is 14.8 Å². The second-order valence-electron chi connectivity index (χ2n) is 8.32. The van der Waals surface area contributed by atoms with Gasteiger partial charge < -0.3 is 20.1 Å². The third kappa shape index (κ3) is 4.92. The van der Waals surface area contributed by atoms with Crippen molar-refractivity contribution in [3.05, 3.63) is 59.9 Å². The highest BCUT2D eigenvalue weighted by atomic mass is 16.5. The molecule has 2 aliphatic heterocycles. The molecule has 0 spiro atoms. The van der Waals surface area contributed by atoms with Gasteiger partial charge in [-0.05, 0) is 43.2 Å². The van der Waals surface area contributed by atoms with Crippen LogP contribution in [0.3, 0.4) is 0 Å². The van der Waals surface area contributed by atoms with Crippen LogP contribution < -0.4 is 10.5 Å². The van der Waals surface area contributed by atoms with E-state index < -0.39 is 11.3 Å². The Hall–Kier alpha value is -2.97. The van der Waals surface area contributed by atoms with Gasteiger partial charge >= 0.3 is 0 Å². The largest absolute Gasteiger partial charge is 0.492 e. The summed E-state index contributed by atoms with van der Waals surface area (Å²) in [6, 6.07) is 12.7. The Morgan fingerprint density at radius 2 is 1.97 bits per heavy atom. The predicted octanol–water partition coefficient (Wildman–Crippen LogP) is 1.45. The highest BCUT2D eigenvalue weighted by Crippen LogP contribution is 2.33. The molecule has 2 fully saturated rings. The Labute approximate surface area is 188 Å². The standard InChI is InChI=1S/C24H30N4O4/c25-23(30)24(21-7-1-2-9-26-21)8-4-10-28(18-24)22(29)19-5-3-6-20(17-19)32-16-13-27-11-14-31-15-12-27/h1-3,5-7,9,17H,4,8,10-16,18H2,(H2,25,30). The fraction of sp³-hybridized carbons (Fsp3) is 0.458. The van der Waals surface area contributed by atoms with Gasteiger partial charge in [-0.2, -0.15) is 0 Å². The molecule has 2 saturated heterocycles. The van der Waals surface area contributed by atoms with E-state index in [1.54, 1.807) is 29.3 Å². The number of rotatable bonds is 7. The average Bonchev–Trinajstić information content (AvgIpc) is 2.85. The first-order valence-electron chi connectivity index (χ1n) is 11.1. The van der Waals surface area contributed by atoms with Crippen LogP contribution in [0, 0.1) is 0 Å². The summed E-state index contributed by atoms with van der Waals surface area (Å²) in [5.74, 6) is 0.0748. The molecule has 1 aromatic carbocycles. The number of amides is 2. The number of carbonyl (C=O) groups is 2. The fourth-order valence-electron chi connectivity index (χ4n) is 4.43. The van der Waals surface area contributed by atoms with Crippen molar-refractivity contribution in [3.63, 3.8) is 0 Å². The average molecular weight is 439 g/mol. The van der Waals surface area contributed by atoms with Crippen LogP contribution in [0.4, 0.5) is 0 Å². The van der Waals surface area contributed by atoms with Gasteiger partial charge in [0.25, 0.3) is 5.91 Å². The number of benzene rings is 1. The summed E-state index contributed by atoms with van der Waals surface area (Å²) in [5, 5.41) is 0. The molecule has 1 atom stereocenters. The molecule has 8 nitrogen and oxygen atoms in total. The van der Waals surface area contributed by atoms with E-state index in [2.05, 4.69) is 9.88 Å². The zero-order valence-electron chi connectivity index (χ0n) is 18.2. The summed E-state index contributed by atoms with van der Waals surface area (Å²) in [6.07, 6.45) is 2.91. The SMILES string of the molecule is NC(=O)C1(c2ccccn2)CCCN(C(=O)c2cccc(OCCN3CCOCC3)c2)C1. The Balaban J connectivity index is 1.43. The molecule has 0 saturated carbocycles. The number of pyridine rings is 1. The highest BCUT2D eigenvalue weighted by molar-refractivity contribution is 5.96. The zero-order valence-corrected chi connectivity index (χ0v) is 18.2. The van der Waals surface area contributed by atoms with Crippen molar-refractivity contribution in [2.24, 2.45) is 5.73 Å². The number of hydrogen-bond donors (Lipinski definition) is 1. The summed E-state index contributed by atoms with van der Waals surface area (Å²) in [6.45, 7) is 5.49. The van der Waals surface area contributed by atoms with E-state index in [0.29, 0.717) is 43.0 Å². The number of piperidine rings is 1. The summed E-state index contributed by atoms with van der Waals surface area (Å²) in [4.78, 5) is 34.2. The van der Waals surface area contributed by atoms with Crippen molar-refractivity contribution in [3.8, 4) is 5.75 Å². The van der Waals surface area contributed by atoms with Crippen molar-refractivity contribution >= 4 is 11.8 Å². The molecule has 170 valence electrons. The van der Waals surface area contributed by atoms with Gasteiger partial charge in [-0.25, -0.2) is 0 Å². The first kappa shape index (κ1) is 22.2. The molecule has 2 amide bonds. The first-order chi connectivity index (χ1) is 15.6. The number of primary amides is 1. The van der Waals surface area contributed by atoms with Gasteiger partial charge in [0.2, 0.25) is 5.91 Å². The van der Waals surface area contributed by atoms with Crippen LogP contribution in [0.5, 0.6) is 5.75 Å². The summed E-state index contributed by atoms with van der Waals surface area (Å²) in [5.41, 5.74) is 6.01. The summed E-state index contributed by atoms with van der Waals surface area (Å²) >= 11 is 0. The van der Waals surface area contributed by atoms with E-state index in [9.17, 15) is 9.59 Å². The van der Waals surface area contributed by atoms with Crippen LogP contribution in [0.15, 0.2) is 48.7 Å². The number of likely N-dealkylation sites (tertiary alicyclic amines) is 1. The molecule has 2 aliphatic rings. The maximum absolute atomic E-state index is 13.3. The second-order valence-corrected chi connectivity index (χ2v) is 8.32. The number of carbonyl (C=O) groups excluding carboxylic acids is 2. The van der Waals surface area contributed by atoms with Crippen LogP contribution in [-0.2, 0) is 14.9 Å². The zero-order chi connectivity index (χ0) is 22.4. The van der Waals surface area contributed by atoms with Crippen molar-refractivity contribution < 1.29 is 19.1 Å². The number of hydrogen-bond acceptors (Lipinski definition) is 6. The van der Waals surface area contributed by atoms with Crippen LogP contribution in [-0.4, -0.2) is 79.1 Å². The second kappa shape index (κ2) is 10.1. The fourth-order valence-corrected chi connectivity index (χ4v) is 4.43. The van der Waals surface area contributed by atoms with E-state index in [0.717, 1.165) is 32.8 Å². The lowest BCUT2D eigenvalue weighted by Gasteiger charge is -2.40. The van der Waals surface area contributed by atoms with Gasteiger partial charge in [-0.15, -0.1) is 0 Å². The van der Waals surface area contributed by atoms with Crippen molar-refractivity contribution in [2.45, 2.75) is 18.3 Å². The third-order valence-electron chi connectivity index (χ3n) is 6.27. The van der Waals surface area contributed by atoms with E-state index in [1.165, 1.54) is 0 Å². The Bertz CT molecular complexity index is 933. The van der Waals surface area contributed by atoms with E-state index in [4.69, 9.17) is 15.2 Å². The van der Waals surface area contributed by atoms with E-state index in [1.807, 2.05) is 24.3 Å². The maximum Gasteiger partial charge on any atom is 0.254 e. The molecule has 4 rings (SSSR count). The number of nitrogens with zero attached hydrogens (tertiary/aromatic N) is 3. The van der Waals surface area contributed by atoms with Gasteiger partial charge in [-0.3, -0.25) is 19.5 Å². The van der Waals surface area contributed by atoms with Gasteiger partial charge in [0.1, 0.15) is 17.8 Å². The third-order valence-corrected chi connectivity index (χ3v) is 6.27. The lowest BCUT2D eigenvalue weighted by Crippen LogP contribution is -2.55. The van der Waals surface area contributed by atoms with E-state index >= 15 is 0 Å². The lowest BCUT2D eigenvalue weighted by molar-refractivity contribution is -0.125. The topological polar surface area (TPSA) is 98.0 Å². The minimum atomic E-state index is -0.971. The number of ether oxygens (including phenoxy) is 2. The molecule has 32 heavy (non-hydrogen) atoms. The number of aromatic nitrogens is 1. The molecule has 8 heteroatoms. The van der Waals surface area contributed by atoms with E-state index in [-0.39, 0.29) is 12.5 Å². The van der Waals surface area contributed by atoms with Crippen LogP contribution in [0.1, 0.15) is 28.9 Å². The monoisotopic (exact) mass is 438 g/mol. The van der Waals surface area contributed by atoms with Gasteiger partial charge in [0.15, 0.2) is 0 Å². The van der Waals surface area contributed by atoms with Crippen LogP contribution in [0.25, 0.3) is 0 Å². The molecule has 1 unspecified atom stereocenters. The Morgan fingerprint density at radius 1 is 1.12 bits per heavy atom. The minimum absolute atomic E-state index is 0.134. The number of nitrogens with two attached hydrogens (primary N) is 1. The highest BCUT2D eigenvalue weighted by Gasteiger charge is 2.44. The normalized spacial score (nSPS) is 21.8. The molecule has 0 bridgehead atoms. The van der Waals surface area contributed by atoms with Crippen LogP contribution in [0.2, 0.25) is 0 Å². The molecule has 0 aliphatic carbocycles. The Morgan fingerprint density at radius 3 is 2.72 bits per heavy atom. The molecule has 0 radical (unpaired) electrons. The molecular weight excluding hydrogens is 408 g/mol.